The van der Waals surface area contributed by atoms with Crippen LogP contribution in [0.2, 0.25) is 0 Å². The van der Waals surface area contributed by atoms with Gasteiger partial charge in [-0.2, -0.15) is 0 Å². The van der Waals surface area contributed by atoms with E-state index in [1.54, 1.807) is 6.07 Å². The smallest absolute Gasteiger partial charge is 0.255 e. The lowest BCUT2D eigenvalue weighted by molar-refractivity contribution is 0.102. The van der Waals surface area contributed by atoms with Gasteiger partial charge in [-0.05, 0) is 74.7 Å². The van der Waals surface area contributed by atoms with Crippen molar-refractivity contribution < 1.29 is 4.79 Å². The summed E-state index contributed by atoms with van der Waals surface area (Å²) in [4.78, 5) is 12.3. The largest absolute Gasteiger partial charge is 0.320 e. The third-order valence-corrected chi connectivity index (χ3v) is 4.72. The van der Waals surface area contributed by atoms with Gasteiger partial charge in [0, 0.05) is 23.5 Å². The standard InChI is InChI=1S/C14H9Br4NO/c1-7-2-8(4-9(15)3-7)14(20)19-13-11(17)5-10(16)6-12(13)18/h2-6H,1H3,(H,19,20). The van der Waals surface area contributed by atoms with Crippen LogP contribution in [-0.4, -0.2) is 5.91 Å². The van der Waals surface area contributed by atoms with Gasteiger partial charge in [0.1, 0.15) is 0 Å². The van der Waals surface area contributed by atoms with E-state index < -0.39 is 0 Å². The Labute approximate surface area is 150 Å². The van der Waals surface area contributed by atoms with Crippen LogP contribution < -0.4 is 5.32 Å². The van der Waals surface area contributed by atoms with Gasteiger partial charge in [-0.1, -0.05) is 31.9 Å². The van der Waals surface area contributed by atoms with Crippen molar-refractivity contribution in [2.24, 2.45) is 0 Å². The van der Waals surface area contributed by atoms with Crippen molar-refractivity contribution in [2.45, 2.75) is 6.92 Å². The molecule has 0 aromatic heterocycles. The molecule has 20 heavy (non-hydrogen) atoms. The molecule has 0 saturated carbocycles. The van der Waals surface area contributed by atoms with Crippen molar-refractivity contribution in [3.8, 4) is 0 Å². The molecule has 0 aliphatic carbocycles. The number of hydrogen-bond donors (Lipinski definition) is 1. The van der Waals surface area contributed by atoms with E-state index in [-0.39, 0.29) is 5.91 Å². The number of benzene rings is 2. The maximum absolute atomic E-state index is 12.3. The first-order chi connectivity index (χ1) is 9.36. The van der Waals surface area contributed by atoms with Gasteiger partial charge in [0.25, 0.3) is 5.91 Å². The summed E-state index contributed by atoms with van der Waals surface area (Å²) in [5.74, 6) is -0.155. The predicted molar refractivity (Wildman–Crippen MR) is 96.4 cm³/mol. The Balaban J connectivity index is 2.32. The number of anilines is 1. The molecule has 1 N–H and O–H groups in total. The summed E-state index contributed by atoms with van der Waals surface area (Å²) in [6, 6.07) is 9.37. The Morgan fingerprint density at radius 3 is 2.00 bits per heavy atom. The number of aryl methyl sites for hydroxylation is 1. The molecule has 0 atom stereocenters. The monoisotopic (exact) mass is 523 g/mol. The molecule has 2 nitrogen and oxygen atoms in total. The Morgan fingerprint density at radius 2 is 1.45 bits per heavy atom. The summed E-state index contributed by atoms with van der Waals surface area (Å²) in [7, 11) is 0. The van der Waals surface area contributed by atoms with E-state index in [4.69, 9.17) is 0 Å². The second-order valence-electron chi connectivity index (χ2n) is 4.22. The van der Waals surface area contributed by atoms with Crippen LogP contribution in [0.25, 0.3) is 0 Å². The molecular weight excluding hydrogens is 518 g/mol. The highest BCUT2D eigenvalue weighted by Crippen LogP contribution is 2.34. The van der Waals surface area contributed by atoms with Crippen molar-refractivity contribution in [2.75, 3.05) is 5.32 Å². The highest BCUT2D eigenvalue weighted by atomic mass is 79.9. The van der Waals surface area contributed by atoms with E-state index in [9.17, 15) is 4.79 Å². The van der Waals surface area contributed by atoms with Crippen molar-refractivity contribution >= 4 is 75.3 Å². The van der Waals surface area contributed by atoms with Gasteiger partial charge >= 0.3 is 0 Å². The molecule has 0 fully saturated rings. The summed E-state index contributed by atoms with van der Waals surface area (Å²) in [6.07, 6.45) is 0. The highest BCUT2D eigenvalue weighted by Gasteiger charge is 2.13. The van der Waals surface area contributed by atoms with Crippen LogP contribution in [-0.2, 0) is 0 Å². The zero-order valence-corrected chi connectivity index (χ0v) is 16.7. The van der Waals surface area contributed by atoms with E-state index >= 15 is 0 Å². The summed E-state index contributed by atoms with van der Waals surface area (Å²) in [6.45, 7) is 1.95. The maximum Gasteiger partial charge on any atom is 0.255 e. The SMILES string of the molecule is Cc1cc(Br)cc(C(=O)Nc2c(Br)cc(Br)cc2Br)c1. The highest BCUT2D eigenvalue weighted by molar-refractivity contribution is 9.11. The van der Waals surface area contributed by atoms with Gasteiger partial charge in [0.05, 0.1) is 5.69 Å². The van der Waals surface area contributed by atoms with E-state index in [0.29, 0.717) is 11.3 Å². The molecule has 2 aromatic carbocycles. The molecular formula is C14H9Br4NO. The van der Waals surface area contributed by atoms with Crippen molar-refractivity contribution in [1.29, 1.82) is 0 Å². The average molecular weight is 527 g/mol. The van der Waals surface area contributed by atoms with E-state index in [0.717, 1.165) is 23.5 Å². The third-order valence-electron chi connectivity index (χ3n) is 2.55. The Kier molecular flexibility index (Phi) is 5.45. The molecule has 2 aromatic rings. The normalized spacial score (nSPS) is 10.4. The second kappa shape index (κ2) is 6.73. The van der Waals surface area contributed by atoms with Gasteiger partial charge in [-0.15, -0.1) is 0 Å². The van der Waals surface area contributed by atoms with Gasteiger partial charge in [-0.3, -0.25) is 4.79 Å². The molecule has 2 rings (SSSR count). The molecule has 0 bridgehead atoms. The van der Waals surface area contributed by atoms with Crippen molar-refractivity contribution in [3.05, 3.63) is 59.3 Å². The Morgan fingerprint density at radius 1 is 0.900 bits per heavy atom. The fourth-order valence-electron chi connectivity index (χ4n) is 1.71. The number of nitrogens with one attached hydrogen (secondary N) is 1. The quantitative estimate of drug-likeness (QED) is 0.489. The third kappa shape index (κ3) is 3.93. The van der Waals surface area contributed by atoms with Gasteiger partial charge in [0.15, 0.2) is 0 Å². The average Bonchev–Trinajstić information content (AvgIpc) is 2.32. The number of halogens is 4. The lowest BCUT2D eigenvalue weighted by Crippen LogP contribution is -2.13. The lowest BCUT2D eigenvalue weighted by atomic mass is 10.1. The molecule has 0 radical (unpaired) electrons. The first-order valence-corrected chi connectivity index (χ1v) is 8.77. The summed E-state index contributed by atoms with van der Waals surface area (Å²) in [5.41, 5.74) is 2.34. The molecule has 0 aliphatic heterocycles. The zero-order valence-electron chi connectivity index (χ0n) is 10.3. The molecule has 104 valence electrons. The molecule has 0 spiro atoms. The fraction of sp³-hybridized carbons (Fsp3) is 0.0714. The number of hydrogen-bond acceptors (Lipinski definition) is 1. The summed E-state index contributed by atoms with van der Waals surface area (Å²) in [5, 5.41) is 2.90. The zero-order chi connectivity index (χ0) is 14.9. The van der Waals surface area contributed by atoms with Crippen molar-refractivity contribution in [1.82, 2.24) is 0 Å². The fourth-order valence-corrected chi connectivity index (χ4v) is 4.78. The molecule has 0 aliphatic rings. The van der Waals surface area contributed by atoms with Crippen LogP contribution in [0.1, 0.15) is 15.9 Å². The van der Waals surface area contributed by atoms with Gasteiger partial charge in [-0.25, -0.2) is 0 Å². The topological polar surface area (TPSA) is 29.1 Å². The molecule has 0 unspecified atom stereocenters. The van der Waals surface area contributed by atoms with Crippen molar-refractivity contribution in [3.63, 3.8) is 0 Å². The molecule has 6 heteroatoms. The molecule has 1 amide bonds. The first-order valence-electron chi connectivity index (χ1n) is 5.60. The van der Waals surface area contributed by atoms with Gasteiger partial charge < -0.3 is 5.32 Å². The number of amides is 1. The number of carbonyl (C=O) groups excluding carboxylic acids is 1. The van der Waals surface area contributed by atoms with Crippen LogP contribution in [0.5, 0.6) is 0 Å². The van der Waals surface area contributed by atoms with Crippen LogP contribution in [0.3, 0.4) is 0 Å². The van der Waals surface area contributed by atoms with E-state index in [2.05, 4.69) is 69.0 Å². The Bertz CT molecular complexity index is 642. The second-order valence-corrected chi connectivity index (χ2v) is 7.76. The van der Waals surface area contributed by atoms with E-state index in [1.165, 1.54) is 0 Å². The lowest BCUT2D eigenvalue weighted by Gasteiger charge is -2.11. The van der Waals surface area contributed by atoms with Crippen LogP contribution in [0.15, 0.2) is 48.2 Å². The minimum Gasteiger partial charge on any atom is -0.320 e. The minimum absolute atomic E-state index is 0.155. The minimum atomic E-state index is -0.155. The number of rotatable bonds is 2. The van der Waals surface area contributed by atoms with Crippen LogP contribution >= 0.6 is 63.7 Å². The van der Waals surface area contributed by atoms with Crippen LogP contribution in [0.4, 0.5) is 5.69 Å². The number of carbonyl (C=O) groups is 1. The molecule has 0 heterocycles. The van der Waals surface area contributed by atoms with Crippen LogP contribution in [0, 0.1) is 6.92 Å². The molecule has 0 saturated heterocycles. The summed E-state index contributed by atoms with van der Waals surface area (Å²) < 4.78 is 3.42. The summed E-state index contributed by atoms with van der Waals surface area (Å²) >= 11 is 13.7. The maximum atomic E-state index is 12.3. The Hall–Kier alpha value is -0.170. The predicted octanol–water partition coefficient (Wildman–Crippen LogP) is 6.30. The van der Waals surface area contributed by atoms with Gasteiger partial charge in [0.2, 0.25) is 0 Å². The first kappa shape index (κ1) is 16.2. The van der Waals surface area contributed by atoms with E-state index in [1.807, 2.05) is 31.2 Å².